The molecule has 6 heteroatoms. The number of aromatic nitrogens is 2. The van der Waals surface area contributed by atoms with Crippen LogP contribution in [-0.2, 0) is 9.53 Å². The zero-order valence-corrected chi connectivity index (χ0v) is 11.3. The minimum Gasteiger partial charge on any atom is -0.472 e. The number of piperidine rings is 1. The Morgan fingerprint density at radius 1 is 1.58 bits per heavy atom. The molecule has 1 amide bonds. The van der Waals surface area contributed by atoms with Gasteiger partial charge in [0.15, 0.2) is 0 Å². The molecule has 6 nitrogen and oxygen atoms in total. The topological polar surface area (TPSA) is 64.5 Å². The fraction of sp³-hybridized carbons (Fsp3) is 0.615. The van der Waals surface area contributed by atoms with Crippen LogP contribution in [0.4, 0.5) is 0 Å². The Bertz CT molecular complexity index is 439. The van der Waals surface area contributed by atoms with Crippen LogP contribution >= 0.6 is 0 Å². The summed E-state index contributed by atoms with van der Waals surface area (Å²) in [5, 5.41) is 0. The second-order valence-corrected chi connectivity index (χ2v) is 4.60. The van der Waals surface area contributed by atoms with E-state index >= 15 is 0 Å². The van der Waals surface area contributed by atoms with E-state index in [9.17, 15) is 4.79 Å². The summed E-state index contributed by atoms with van der Waals surface area (Å²) in [6.45, 7) is 3.30. The predicted molar refractivity (Wildman–Crippen MR) is 68.9 cm³/mol. The average molecular weight is 265 g/mol. The van der Waals surface area contributed by atoms with E-state index in [0.29, 0.717) is 18.2 Å². The summed E-state index contributed by atoms with van der Waals surface area (Å²) < 4.78 is 10.7. The molecule has 0 radical (unpaired) electrons. The van der Waals surface area contributed by atoms with Gasteiger partial charge in [-0.05, 0) is 19.8 Å². The summed E-state index contributed by atoms with van der Waals surface area (Å²) in [5.41, 5.74) is 0. The number of ether oxygens (including phenoxy) is 2. The van der Waals surface area contributed by atoms with Crippen molar-refractivity contribution in [3.63, 3.8) is 0 Å². The Balaban J connectivity index is 1.92. The van der Waals surface area contributed by atoms with E-state index in [-0.39, 0.29) is 18.6 Å². The molecule has 1 aromatic rings. The van der Waals surface area contributed by atoms with Gasteiger partial charge in [0.2, 0.25) is 11.8 Å². The van der Waals surface area contributed by atoms with Crippen molar-refractivity contribution in [3.05, 3.63) is 18.1 Å². The monoisotopic (exact) mass is 265 g/mol. The minimum atomic E-state index is -0.0103. The Hall–Kier alpha value is -1.69. The highest BCUT2D eigenvalue weighted by molar-refractivity contribution is 5.77. The van der Waals surface area contributed by atoms with Crippen LogP contribution in [0, 0.1) is 6.92 Å². The zero-order valence-electron chi connectivity index (χ0n) is 11.3. The maximum Gasteiger partial charge on any atom is 0.248 e. The first-order chi connectivity index (χ1) is 9.19. The molecule has 1 aliphatic rings. The lowest BCUT2D eigenvalue weighted by Gasteiger charge is -2.32. The van der Waals surface area contributed by atoms with Gasteiger partial charge in [-0.15, -0.1) is 0 Å². The zero-order chi connectivity index (χ0) is 13.7. The van der Waals surface area contributed by atoms with Crippen molar-refractivity contribution >= 4 is 5.91 Å². The summed E-state index contributed by atoms with van der Waals surface area (Å²) in [7, 11) is 1.53. The van der Waals surface area contributed by atoms with E-state index in [1.807, 2.05) is 6.92 Å². The molecule has 0 saturated carbocycles. The van der Waals surface area contributed by atoms with E-state index in [1.54, 1.807) is 17.2 Å². The molecule has 1 atom stereocenters. The third-order valence-electron chi connectivity index (χ3n) is 3.04. The molecule has 0 N–H and O–H groups in total. The van der Waals surface area contributed by atoms with Crippen LogP contribution in [0.25, 0.3) is 0 Å². The number of methoxy groups -OCH3 is 1. The highest BCUT2D eigenvalue weighted by Gasteiger charge is 2.24. The van der Waals surface area contributed by atoms with Crippen LogP contribution in [0.15, 0.2) is 12.3 Å². The number of carbonyl (C=O) groups is 1. The van der Waals surface area contributed by atoms with Crippen molar-refractivity contribution in [2.45, 2.75) is 25.9 Å². The third kappa shape index (κ3) is 3.89. The summed E-state index contributed by atoms with van der Waals surface area (Å²) in [6.07, 6.45) is 3.53. The molecule has 0 unspecified atom stereocenters. The van der Waals surface area contributed by atoms with Crippen molar-refractivity contribution < 1.29 is 14.3 Å². The van der Waals surface area contributed by atoms with Gasteiger partial charge in [0.1, 0.15) is 18.5 Å². The molecule has 1 fully saturated rings. The number of rotatable bonds is 4. The van der Waals surface area contributed by atoms with Crippen molar-refractivity contribution in [1.29, 1.82) is 0 Å². The van der Waals surface area contributed by atoms with E-state index < -0.39 is 0 Å². The van der Waals surface area contributed by atoms with Crippen molar-refractivity contribution in [3.8, 4) is 5.88 Å². The normalized spacial score (nSPS) is 19.3. The van der Waals surface area contributed by atoms with E-state index in [4.69, 9.17) is 9.47 Å². The molecule has 0 bridgehead atoms. The molecule has 1 aromatic heterocycles. The second-order valence-electron chi connectivity index (χ2n) is 4.60. The summed E-state index contributed by atoms with van der Waals surface area (Å²) >= 11 is 0. The Morgan fingerprint density at radius 3 is 3.16 bits per heavy atom. The largest absolute Gasteiger partial charge is 0.472 e. The molecule has 0 aliphatic carbocycles. The van der Waals surface area contributed by atoms with Gasteiger partial charge in [-0.25, -0.2) is 4.98 Å². The fourth-order valence-corrected chi connectivity index (χ4v) is 2.15. The molecule has 0 aromatic carbocycles. The van der Waals surface area contributed by atoms with E-state index in [0.717, 1.165) is 19.4 Å². The first-order valence-electron chi connectivity index (χ1n) is 6.42. The maximum absolute atomic E-state index is 11.8. The van der Waals surface area contributed by atoms with Gasteiger partial charge in [0, 0.05) is 25.9 Å². The number of amides is 1. The molecule has 2 rings (SSSR count). The number of likely N-dealkylation sites (tertiary alicyclic amines) is 1. The van der Waals surface area contributed by atoms with Gasteiger partial charge in [-0.1, -0.05) is 0 Å². The van der Waals surface area contributed by atoms with Gasteiger partial charge < -0.3 is 14.4 Å². The summed E-state index contributed by atoms with van der Waals surface area (Å²) in [4.78, 5) is 21.8. The van der Waals surface area contributed by atoms with Crippen LogP contribution < -0.4 is 4.74 Å². The Kier molecular flexibility index (Phi) is 4.68. The highest BCUT2D eigenvalue weighted by atomic mass is 16.5. The number of hydrogen-bond donors (Lipinski definition) is 0. The number of carbonyl (C=O) groups excluding carboxylic acids is 1. The SMILES string of the molecule is COCC(=O)N1CCC[C@H](Oc2ccnc(C)n2)C1. The minimum absolute atomic E-state index is 0.00895. The maximum atomic E-state index is 11.8. The van der Waals surface area contributed by atoms with Crippen LogP contribution in [-0.4, -0.2) is 53.7 Å². The van der Waals surface area contributed by atoms with E-state index in [1.165, 1.54) is 7.11 Å². The lowest BCUT2D eigenvalue weighted by Crippen LogP contribution is -2.45. The molecule has 1 saturated heterocycles. The predicted octanol–water partition coefficient (Wildman–Crippen LogP) is 0.801. The summed E-state index contributed by atoms with van der Waals surface area (Å²) in [6, 6.07) is 1.74. The Labute approximate surface area is 112 Å². The fourth-order valence-electron chi connectivity index (χ4n) is 2.15. The molecule has 19 heavy (non-hydrogen) atoms. The van der Waals surface area contributed by atoms with Gasteiger partial charge >= 0.3 is 0 Å². The number of nitrogens with zero attached hydrogens (tertiary/aromatic N) is 3. The number of aryl methyl sites for hydroxylation is 1. The highest BCUT2D eigenvalue weighted by Crippen LogP contribution is 2.16. The smallest absolute Gasteiger partial charge is 0.248 e. The van der Waals surface area contributed by atoms with Crippen molar-refractivity contribution in [2.75, 3.05) is 26.8 Å². The molecular weight excluding hydrogens is 246 g/mol. The van der Waals surface area contributed by atoms with E-state index in [2.05, 4.69) is 9.97 Å². The van der Waals surface area contributed by atoms with Gasteiger partial charge in [0.05, 0.1) is 6.54 Å². The van der Waals surface area contributed by atoms with Crippen LogP contribution in [0.1, 0.15) is 18.7 Å². The van der Waals surface area contributed by atoms with Gasteiger partial charge in [0.25, 0.3) is 0 Å². The van der Waals surface area contributed by atoms with Crippen molar-refractivity contribution in [1.82, 2.24) is 14.9 Å². The third-order valence-corrected chi connectivity index (χ3v) is 3.04. The molecule has 104 valence electrons. The second kappa shape index (κ2) is 6.47. The molecular formula is C13H19N3O3. The first-order valence-corrected chi connectivity index (χ1v) is 6.42. The lowest BCUT2D eigenvalue weighted by molar-refractivity contribution is -0.137. The van der Waals surface area contributed by atoms with Crippen LogP contribution in [0.2, 0.25) is 0 Å². The van der Waals surface area contributed by atoms with Crippen LogP contribution in [0.3, 0.4) is 0 Å². The molecule has 0 spiro atoms. The van der Waals surface area contributed by atoms with Crippen molar-refractivity contribution in [2.24, 2.45) is 0 Å². The standard InChI is InChI=1S/C13H19N3O3/c1-10-14-6-5-12(15-10)19-11-4-3-7-16(8-11)13(17)9-18-2/h5-6,11H,3-4,7-9H2,1-2H3/t11-/m0/s1. The van der Waals surface area contributed by atoms with Gasteiger partial charge in [-0.3, -0.25) is 4.79 Å². The average Bonchev–Trinajstić information content (AvgIpc) is 2.39. The quantitative estimate of drug-likeness (QED) is 0.805. The molecule has 2 heterocycles. The van der Waals surface area contributed by atoms with Gasteiger partial charge in [-0.2, -0.15) is 4.98 Å². The lowest BCUT2D eigenvalue weighted by atomic mass is 10.1. The Morgan fingerprint density at radius 2 is 2.42 bits per heavy atom. The summed E-state index contributed by atoms with van der Waals surface area (Å²) in [5.74, 6) is 1.26. The molecule has 1 aliphatic heterocycles. The first kappa shape index (κ1) is 13.7. The number of hydrogen-bond acceptors (Lipinski definition) is 5. The van der Waals surface area contributed by atoms with Crippen LogP contribution in [0.5, 0.6) is 5.88 Å².